The van der Waals surface area contributed by atoms with Gasteiger partial charge >= 0.3 is 35.9 Å². The van der Waals surface area contributed by atoms with E-state index >= 15 is 0 Å². The molecule has 0 saturated carbocycles. The van der Waals surface area contributed by atoms with Crippen LogP contribution in [0.5, 0.6) is 0 Å². The Labute approximate surface area is 92.4 Å². The van der Waals surface area contributed by atoms with Crippen molar-refractivity contribution < 1.29 is 59.9 Å². The van der Waals surface area contributed by atoms with Gasteiger partial charge in [-0.3, -0.25) is 0 Å². The molecule has 0 fully saturated rings. The van der Waals surface area contributed by atoms with Crippen molar-refractivity contribution in [3.63, 3.8) is 0 Å². The summed E-state index contributed by atoms with van der Waals surface area (Å²) in [5.41, 5.74) is 0. The summed E-state index contributed by atoms with van der Waals surface area (Å²) >= 11 is 0. The van der Waals surface area contributed by atoms with Crippen LogP contribution in [0.3, 0.4) is 0 Å². The predicted molar refractivity (Wildman–Crippen MR) is 18.6 cm³/mol. The van der Waals surface area contributed by atoms with Crippen LogP contribution >= 0.6 is 0 Å². The van der Waals surface area contributed by atoms with Crippen LogP contribution in [0.4, 0.5) is 0 Å². The summed E-state index contributed by atoms with van der Waals surface area (Å²) in [6, 6.07) is 0. The van der Waals surface area contributed by atoms with Crippen LogP contribution in [0, 0.1) is 14.9 Å². The van der Waals surface area contributed by atoms with Crippen molar-refractivity contribution >= 4 is 18.9 Å². The molecule has 0 aliphatic rings. The van der Waals surface area contributed by atoms with Gasteiger partial charge in [-0.05, 0) is 0 Å². The van der Waals surface area contributed by atoms with Crippen LogP contribution in [0.15, 0.2) is 0 Å². The second kappa shape index (κ2) is 51.7. The molecule has 0 unspecified atom stereocenters. The normalized spacial score (nSPS) is 0. The topological polar surface area (TPSA) is 0 Å². The predicted octanol–water partition coefficient (Wildman–Crippen LogP) is -5.47. The molecule has 0 aliphatic carbocycles. The Balaban J connectivity index is 0. The molecule has 0 spiro atoms. The molecule has 0 N–H and O–H groups in total. The largest absolute Gasteiger partial charge is 2.00 e. The van der Waals surface area contributed by atoms with Crippen LogP contribution in [0.1, 0.15) is 0 Å². The maximum Gasteiger partial charge on any atom is 2.00 e. The Morgan fingerprint density at radius 1 is 0.833 bits per heavy atom. The maximum atomic E-state index is 0. The molecule has 0 amide bonds. The van der Waals surface area contributed by atoms with Crippen molar-refractivity contribution in [2.45, 2.75) is 0 Å². The standard InChI is InChI=1S/2CH3.Cu.HI.2Li/h2*1H3;;1H;;/q2*-1;+2;;;+1/p-1. The van der Waals surface area contributed by atoms with Gasteiger partial charge in [0.1, 0.15) is 0 Å². The fourth-order valence-corrected chi connectivity index (χ4v) is 0. The van der Waals surface area contributed by atoms with E-state index in [1.54, 1.807) is 0 Å². The minimum Gasteiger partial charge on any atom is -1.00 e. The minimum atomic E-state index is 0. The molecule has 0 saturated heterocycles. The van der Waals surface area contributed by atoms with Gasteiger partial charge in [0.15, 0.2) is 0 Å². The van der Waals surface area contributed by atoms with Gasteiger partial charge in [0.05, 0.1) is 0 Å². The minimum absolute atomic E-state index is 0. The van der Waals surface area contributed by atoms with Crippen LogP contribution in [-0.2, 0) is 17.1 Å². The summed E-state index contributed by atoms with van der Waals surface area (Å²) in [6.07, 6.45) is 0. The van der Waals surface area contributed by atoms with E-state index in [0.29, 0.717) is 0 Å². The Morgan fingerprint density at radius 3 is 0.833 bits per heavy atom. The zero-order valence-electron chi connectivity index (χ0n) is 4.68. The Morgan fingerprint density at radius 2 is 0.833 bits per heavy atom. The molecule has 0 heterocycles. The van der Waals surface area contributed by atoms with Gasteiger partial charge in [0.25, 0.3) is 0 Å². The van der Waals surface area contributed by atoms with E-state index in [2.05, 4.69) is 0 Å². The molecular formula is C2H6CuILi2. The molecule has 0 atom stereocenters. The van der Waals surface area contributed by atoms with Crippen molar-refractivity contribution in [3.05, 3.63) is 14.9 Å². The summed E-state index contributed by atoms with van der Waals surface area (Å²) in [7, 11) is 0. The van der Waals surface area contributed by atoms with Crippen molar-refractivity contribution in [1.29, 1.82) is 0 Å². The monoisotopic (exact) mass is 234 g/mol. The van der Waals surface area contributed by atoms with Gasteiger partial charge in [-0.15, -0.1) is 0 Å². The van der Waals surface area contributed by atoms with E-state index in [1.165, 1.54) is 0 Å². The smallest absolute Gasteiger partial charge is 1.00 e. The van der Waals surface area contributed by atoms with Crippen LogP contribution < -0.4 is 42.8 Å². The van der Waals surface area contributed by atoms with E-state index in [9.17, 15) is 0 Å². The summed E-state index contributed by atoms with van der Waals surface area (Å²) in [6.45, 7) is 0. The fourth-order valence-electron chi connectivity index (χ4n) is 0. The first-order valence-corrected chi connectivity index (χ1v) is 0. The molecular weight excluding hydrogens is 228 g/mol. The van der Waals surface area contributed by atoms with E-state index < -0.39 is 0 Å². The molecule has 0 bridgehead atoms. The van der Waals surface area contributed by atoms with Crippen LogP contribution in [-0.4, -0.2) is 18.9 Å². The third kappa shape index (κ3) is 32.0. The van der Waals surface area contributed by atoms with Gasteiger partial charge in [-0.25, -0.2) is 0 Å². The number of halogens is 1. The maximum absolute atomic E-state index is 0. The SMILES string of the molecule is [CH3-].[CH3-].[Cu+2].[I-].[Li+].[Li]. The van der Waals surface area contributed by atoms with E-state index in [0.717, 1.165) is 0 Å². The first-order valence-electron chi connectivity index (χ1n) is 0. The second-order valence-corrected chi connectivity index (χ2v) is 0. The Hall–Kier alpha value is 2.44. The quantitative estimate of drug-likeness (QED) is 0.223. The summed E-state index contributed by atoms with van der Waals surface area (Å²) in [4.78, 5) is 0. The molecule has 0 aromatic heterocycles. The van der Waals surface area contributed by atoms with E-state index in [4.69, 9.17) is 0 Å². The fraction of sp³-hybridized carbons (Fsp3) is 0. The molecule has 6 heavy (non-hydrogen) atoms. The number of hydrogen-bond donors (Lipinski definition) is 0. The van der Waals surface area contributed by atoms with Gasteiger partial charge in [-0.2, -0.15) is 0 Å². The van der Waals surface area contributed by atoms with Crippen molar-refractivity contribution in [1.82, 2.24) is 0 Å². The third-order valence-electron chi connectivity index (χ3n) is 0. The molecule has 0 aromatic carbocycles. The molecule has 0 nitrogen and oxygen atoms in total. The van der Waals surface area contributed by atoms with Crippen LogP contribution in [0.2, 0.25) is 0 Å². The van der Waals surface area contributed by atoms with Crippen molar-refractivity contribution in [3.8, 4) is 0 Å². The average Bonchev–Trinajstić information content (AvgIpc) is 0. The first kappa shape index (κ1) is 78.3. The van der Waals surface area contributed by atoms with E-state index in [1.807, 2.05) is 0 Å². The average molecular weight is 234 g/mol. The summed E-state index contributed by atoms with van der Waals surface area (Å²) in [5.74, 6) is 0. The summed E-state index contributed by atoms with van der Waals surface area (Å²) in [5, 5.41) is 0. The first-order chi connectivity index (χ1) is 0. The zero-order valence-corrected chi connectivity index (χ0v) is 7.78. The van der Waals surface area contributed by atoms with Crippen LogP contribution in [0.25, 0.3) is 0 Å². The van der Waals surface area contributed by atoms with Gasteiger partial charge in [0.2, 0.25) is 0 Å². The molecule has 0 rings (SSSR count). The summed E-state index contributed by atoms with van der Waals surface area (Å²) < 4.78 is 0. The van der Waals surface area contributed by atoms with Gasteiger partial charge in [-0.1, -0.05) is 0 Å². The Kier molecular flexibility index (Phi) is 675. The molecule has 0 aliphatic heterocycles. The zero-order chi connectivity index (χ0) is 0. The number of hydrogen-bond acceptors (Lipinski definition) is 0. The van der Waals surface area contributed by atoms with Crippen molar-refractivity contribution in [2.75, 3.05) is 0 Å². The van der Waals surface area contributed by atoms with Gasteiger partial charge < -0.3 is 38.8 Å². The molecule has 0 aromatic rings. The van der Waals surface area contributed by atoms with Crippen molar-refractivity contribution in [2.24, 2.45) is 0 Å². The van der Waals surface area contributed by atoms with E-state index in [-0.39, 0.29) is 93.6 Å². The Bertz CT molecular complexity index is 11.5. The third-order valence-corrected chi connectivity index (χ3v) is 0. The number of rotatable bonds is 0. The molecule has 34 valence electrons. The van der Waals surface area contributed by atoms with Gasteiger partial charge in [0, 0.05) is 18.9 Å². The molecule has 4 heteroatoms. The second-order valence-electron chi connectivity index (χ2n) is 0. The molecule has 2 radical (unpaired) electrons.